The van der Waals surface area contributed by atoms with Crippen LogP contribution in [0.15, 0.2) is 24.3 Å². The molecule has 1 heterocycles. The molecule has 1 fully saturated rings. The quantitative estimate of drug-likeness (QED) is 0.745. The van der Waals surface area contributed by atoms with E-state index in [1.165, 1.54) is 29.2 Å². The number of hydrogen-bond donors (Lipinski definition) is 1. The van der Waals surface area contributed by atoms with E-state index in [-0.39, 0.29) is 0 Å². The Morgan fingerprint density at radius 1 is 1.20 bits per heavy atom. The van der Waals surface area contributed by atoms with Crippen molar-refractivity contribution in [2.24, 2.45) is 0 Å². The molecule has 2 rings (SSSR count). The summed E-state index contributed by atoms with van der Waals surface area (Å²) in [5.41, 5.74) is 2.62. The molecule has 0 saturated carbocycles. The van der Waals surface area contributed by atoms with Gasteiger partial charge in [-0.2, -0.15) is 11.8 Å². The van der Waals surface area contributed by atoms with Gasteiger partial charge < -0.3 is 10.1 Å². The van der Waals surface area contributed by atoms with Gasteiger partial charge in [-0.1, -0.05) is 19.1 Å². The number of thioether (sulfide) groups is 1. The summed E-state index contributed by atoms with van der Waals surface area (Å²) in [7, 11) is 0. The van der Waals surface area contributed by atoms with Crippen molar-refractivity contribution in [3.05, 3.63) is 29.8 Å². The molecule has 20 heavy (non-hydrogen) atoms. The summed E-state index contributed by atoms with van der Waals surface area (Å²) >= 11 is 2.01. The summed E-state index contributed by atoms with van der Waals surface area (Å²) in [6.45, 7) is 8.16. The Bertz CT molecular complexity index is 363. The van der Waals surface area contributed by atoms with Crippen LogP contribution in [0.25, 0.3) is 0 Å². The minimum Gasteiger partial charge on any atom is -0.385 e. The maximum atomic E-state index is 5.38. The van der Waals surface area contributed by atoms with Gasteiger partial charge in [-0.05, 0) is 35.6 Å². The van der Waals surface area contributed by atoms with Crippen LogP contribution < -0.4 is 5.32 Å². The molecular weight excluding hydrogens is 268 g/mol. The molecule has 4 heteroatoms. The van der Waals surface area contributed by atoms with E-state index in [1.807, 2.05) is 11.8 Å². The predicted octanol–water partition coefficient (Wildman–Crippen LogP) is 3.07. The molecule has 3 nitrogen and oxygen atoms in total. The lowest BCUT2D eigenvalue weighted by molar-refractivity contribution is 0.0342. The van der Waals surface area contributed by atoms with Gasteiger partial charge in [0.15, 0.2) is 0 Å². The monoisotopic (exact) mass is 294 g/mol. The summed E-state index contributed by atoms with van der Waals surface area (Å²) in [5.74, 6) is 2.47. The molecule has 0 amide bonds. The molecule has 0 unspecified atom stereocenters. The number of benzene rings is 1. The van der Waals surface area contributed by atoms with Crippen LogP contribution in [0.1, 0.15) is 18.9 Å². The minimum atomic E-state index is 0.870. The molecule has 0 bridgehead atoms. The van der Waals surface area contributed by atoms with Crippen molar-refractivity contribution in [2.45, 2.75) is 19.9 Å². The lowest BCUT2D eigenvalue weighted by atomic mass is 10.2. The van der Waals surface area contributed by atoms with Gasteiger partial charge in [0.05, 0.1) is 13.2 Å². The van der Waals surface area contributed by atoms with Crippen LogP contribution in [0.2, 0.25) is 0 Å². The van der Waals surface area contributed by atoms with Gasteiger partial charge in [0.2, 0.25) is 0 Å². The lowest BCUT2D eigenvalue weighted by Crippen LogP contribution is -2.35. The van der Waals surface area contributed by atoms with Gasteiger partial charge in [-0.15, -0.1) is 0 Å². The molecule has 1 N–H and O–H groups in total. The highest BCUT2D eigenvalue weighted by atomic mass is 32.2. The Morgan fingerprint density at radius 2 is 1.95 bits per heavy atom. The molecule has 0 aromatic heterocycles. The van der Waals surface area contributed by atoms with Gasteiger partial charge in [0, 0.05) is 31.9 Å². The maximum Gasteiger partial charge on any atom is 0.0594 e. The third kappa shape index (κ3) is 5.73. The van der Waals surface area contributed by atoms with E-state index in [0.717, 1.165) is 39.4 Å². The molecule has 0 atom stereocenters. The molecule has 1 aliphatic rings. The van der Waals surface area contributed by atoms with Gasteiger partial charge in [0.25, 0.3) is 0 Å². The lowest BCUT2D eigenvalue weighted by Gasteiger charge is -2.26. The number of hydrogen-bond acceptors (Lipinski definition) is 4. The predicted molar refractivity (Wildman–Crippen MR) is 88.6 cm³/mol. The first-order chi connectivity index (χ1) is 9.88. The zero-order chi connectivity index (χ0) is 14.0. The molecular formula is C16H26N2OS. The number of ether oxygens (including phenoxy) is 1. The summed E-state index contributed by atoms with van der Waals surface area (Å²) in [6, 6.07) is 8.86. The van der Waals surface area contributed by atoms with E-state index in [9.17, 15) is 0 Å². The van der Waals surface area contributed by atoms with Gasteiger partial charge >= 0.3 is 0 Å². The van der Waals surface area contributed by atoms with Gasteiger partial charge in [0.1, 0.15) is 0 Å². The highest BCUT2D eigenvalue weighted by Crippen LogP contribution is 2.12. The topological polar surface area (TPSA) is 24.5 Å². The van der Waals surface area contributed by atoms with E-state index in [0.29, 0.717) is 0 Å². The maximum absolute atomic E-state index is 5.38. The molecule has 0 aliphatic carbocycles. The highest BCUT2D eigenvalue weighted by molar-refractivity contribution is 7.99. The van der Waals surface area contributed by atoms with Crippen LogP contribution in [-0.2, 0) is 11.3 Å². The molecule has 1 saturated heterocycles. The van der Waals surface area contributed by atoms with Crippen LogP contribution in [0.4, 0.5) is 5.69 Å². The van der Waals surface area contributed by atoms with E-state index in [2.05, 4.69) is 41.4 Å². The highest BCUT2D eigenvalue weighted by Gasteiger charge is 2.10. The van der Waals surface area contributed by atoms with Crippen molar-refractivity contribution in [1.29, 1.82) is 0 Å². The van der Waals surface area contributed by atoms with Crippen molar-refractivity contribution in [3.63, 3.8) is 0 Å². The van der Waals surface area contributed by atoms with Crippen molar-refractivity contribution in [1.82, 2.24) is 4.90 Å². The number of morpholine rings is 1. The molecule has 1 aromatic rings. The van der Waals surface area contributed by atoms with E-state index >= 15 is 0 Å². The van der Waals surface area contributed by atoms with Crippen LogP contribution in [0, 0.1) is 0 Å². The molecule has 112 valence electrons. The second-order valence-corrected chi connectivity index (χ2v) is 6.46. The number of nitrogens with zero attached hydrogens (tertiary/aromatic N) is 1. The average Bonchev–Trinajstić information content (AvgIpc) is 2.50. The standard InChI is InChI=1S/C16H26N2OS/c1-2-20-13-3-8-17-16-6-4-15(5-7-16)14-18-9-11-19-12-10-18/h4-7,17H,2-3,8-14H2,1H3. The Balaban J connectivity index is 1.69. The minimum absolute atomic E-state index is 0.870. The Kier molecular flexibility index (Phi) is 7.26. The Hall–Kier alpha value is -0.710. The van der Waals surface area contributed by atoms with Crippen LogP contribution >= 0.6 is 11.8 Å². The second-order valence-electron chi connectivity index (χ2n) is 5.06. The van der Waals surface area contributed by atoms with Crippen molar-refractivity contribution >= 4 is 17.4 Å². The van der Waals surface area contributed by atoms with E-state index in [1.54, 1.807) is 0 Å². The number of rotatable bonds is 8. The summed E-state index contributed by atoms with van der Waals surface area (Å²) < 4.78 is 5.38. The first kappa shape index (κ1) is 15.7. The molecule has 1 aliphatic heterocycles. The number of nitrogens with one attached hydrogen (secondary N) is 1. The zero-order valence-corrected chi connectivity index (χ0v) is 13.3. The molecule has 1 aromatic carbocycles. The van der Waals surface area contributed by atoms with Crippen LogP contribution in [0.5, 0.6) is 0 Å². The third-order valence-electron chi connectivity index (χ3n) is 3.46. The SMILES string of the molecule is CCSCCCNc1ccc(CN2CCOCC2)cc1. The van der Waals surface area contributed by atoms with E-state index < -0.39 is 0 Å². The largest absolute Gasteiger partial charge is 0.385 e. The zero-order valence-electron chi connectivity index (χ0n) is 12.4. The Morgan fingerprint density at radius 3 is 2.65 bits per heavy atom. The second kappa shape index (κ2) is 9.27. The van der Waals surface area contributed by atoms with Gasteiger partial charge in [-0.25, -0.2) is 0 Å². The van der Waals surface area contributed by atoms with Crippen LogP contribution in [-0.4, -0.2) is 49.3 Å². The normalized spacial score (nSPS) is 16.2. The average molecular weight is 294 g/mol. The van der Waals surface area contributed by atoms with Crippen molar-refractivity contribution in [2.75, 3.05) is 49.7 Å². The molecule has 0 radical (unpaired) electrons. The fraction of sp³-hybridized carbons (Fsp3) is 0.625. The Labute approximate surface area is 127 Å². The first-order valence-corrected chi connectivity index (χ1v) is 8.74. The summed E-state index contributed by atoms with van der Waals surface area (Å²) in [4.78, 5) is 2.45. The fourth-order valence-corrected chi connectivity index (χ4v) is 2.93. The van der Waals surface area contributed by atoms with Crippen molar-refractivity contribution in [3.8, 4) is 0 Å². The van der Waals surface area contributed by atoms with Crippen molar-refractivity contribution < 1.29 is 4.74 Å². The smallest absolute Gasteiger partial charge is 0.0594 e. The van der Waals surface area contributed by atoms with Gasteiger partial charge in [-0.3, -0.25) is 4.90 Å². The summed E-state index contributed by atoms with van der Waals surface area (Å²) in [6.07, 6.45) is 1.23. The van der Waals surface area contributed by atoms with E-state index in [4.69, 9.17) is 4.74 Å². The summed E-state index contributed by atoms with van der Waals surface area (Å²) in [5, 5.41) is 3.49. The molecule has 0 spiro atoms. The third-order valence-corrected chi connectivity index (χ3v) is 4.45. The number of anilines is 1. The first-order valence-electron chi connectivity index (χ1n) is 7.59. The fourth-order valence-electron chi connectivity index (χ4n) is 2.30. The van der Waals surface area contributed by atoms with Crippen LogP contribution in [0.3, 0.4) is 0 Å².